The minimum atomic E-state index is -0.250. The Morgan fingerprint density at radius 2 is 2.00 bits per heavy atom. The monoisotopic (exact) mass is 191 g/mol. The summed E-state index contributed by atoms with van der Waals surface area (Å²) in [4.78, 5) is 4.24. The molecule has 0 spiro atoms. The van der Waals surface area contributed by atoms with Crippen molar-refractivity contribution in [2.75, 3.05) is 0 Å². The molecule has 2 aromatic rings. The van der Waals surface area contributed by atoms with E-state index in [1.807, 2.05) is 6.92 Å². The van der Waals surface area contributed by atoms with Gasteiger partial charge in [-0.25, -0.2) is 9.37 Å². The maximum absolute atomic E-state index is 12.6. The fourth-order valence-electron chi connectivity index (χ4n) is 1.18. The van der Waals surface area contributed by atoms with Gasteiger partial charge in [0.1, 0.15) is 11.6 Å². The number of benzene rings is 1. The summed E-state index contributed by atoms with van der Waals surface area (Å²) >= 11 is 0. The van der Waals surface area contributed by atoms with Gasteiger partial charge in [0.25, 0.3) is 0 Å². The van der Waals surface area contributed by atoms with Gasteiger partial charge in [-0.15, -0.1) is 0 Å². The third kappa shape index (κ3) is 1.64. The number of aromatic nitrogens is 3. The van der Waals surface area contributed by atoms with Gasteiger partial charge in [-0.1, -0.05) is 6.92 Å². The number of nitrogens with zero attached hydrogens (tertiary/aromatic N) is 2. The summed E-state index contributed by atoms with van der Waals surface area (Å²) in [5.41, 5.74) is 0.822. The molecule has 72 valence electrons. The average molecular weight is 191 g/mol. The smallest absolute Gasteiger partial charge is 0.181 e. The van der Waals surface area contributed by atoms with E-state index in [0.717, 1.165) is 17.8 Å². The van der Waals surface area contributed by atoms with Crippen LogP contribution in [0.5, 0.6) is 0 Å². The Labute approximate surface area is 81.0 Å². The predicted molar refractivity (Wildman–Crippen MR) is 51.2 cm³/mol. The SMILES string of the molecule is CCc1nc(-c2ccc(F)cc2)n[nH]1. The Hall–Kier alpha value is -1.71. The zero-order chi connectivity index (χ0) is 9.97. The van der Waals surface area contributed by atoms with Crippen molar-refractivity contribution >= 4 is 0 Å². The highest BCUT2D eigenvalue weighted by molar-refractivity contribution is 5.53. The number of halogens is 1. The molecule has 0 unspecified atom stereocenters. The zero-order valence-corrected chi connectivity index (χ0v) is 7.79. The van der Waals surface area contributed by atoms with Crippen LogP contribution in [0.4, 0.5) is 4.39 Å². The van der Waals surface area contributed by atoms with Gasteiger partial charge >= 0.3 is 0 Å². The molecular formula is C10H10FN3. The second-order valence-corrected chi connectivity index (χ2v) is 2.97. The van der Waals surface area contributed by atoms with E-state index < -0.39 is 0 Å². The molecule has 1 aromatic carbocycles. The summed E-state index contributed by atoms with van der Waals surface area (Å²) in [6.45, 7) is 1.99. The first kappa shape index (κ1) is 8.87. The molecule has 0 bridgehead atoms. The van der Waals surface area contributed by atoms with Crippen molar-refractivity contribution in [3.05, 3.63) is 35.9 Å². The molecule has 1 N–H and O–H groups in total. The summed E-state index contributed by atoms with van der Waals surface area (Å²) in [5, 5.41) is 6.84. The van der Waals surface area contributed by atoms with Crippen LogP contribution in [-0.4, -0.2) is 15.2 Å². The first-order valence-electron chi connectivity index (χ1n) is 4.47. The van der Waals surface area contributed by atoms with Crippen molar-refractivity contribution in [2.24, 2.45) is 0 Å². The lowest BCUT2D eigenvalue weighted by molar-refractivity contribution is 0.628. The van der Waals surface area contributed by atoms with E-state index in [0.29, 0.717) is 5.82 Å². The van der Waals surface area contributed by atoms with Crippen LogP contribution in [-0.2, 0) is 6.42 Å². The van der Waals surface area contributed by atoms with Gasteiger partial charge in [0.05, 0.1) is 0 Å². The Morgan fingerprint density at radius 3 is 2.57 bits per heavy atom. The van der Waals surface area contributed by atoms with Crippen LogP contribution in [0, 0.1) is 5.82 Å². The van der Waals surface area contributed by atoms with Crippen molar-refractivity contribution in [1.82, 2.24) is 15.2 Å². The van der Waals surface area contributed by atoms with Crippen LogP contribution < -0.4 is 0 Å². The molecule has 0 radical (unpaired) electrons. The van der Waals surface area contributed by atoms with E-state index in [-0.39, 0.29) is 5.82 Å². The van der Waals surface area contributed by atoms with Gasteiger partial charge in [-0.05, 0) is 24.3 Å². The molecule has 0 saturated heterocycles. The van der Waals surface area contributed by atoms with Gasteiger partial charge < -0.3 is 0 Å². The molecule has 1 heterocycles. The average Bonchev–Trinajstić information content (AvgIpc) is 2.67. The normalized spacial score (nSPS) is 10.4. The zero-order valence-electron chi connectivity index (χ0n) is 7.79. The van der Waals surface area contributed by atoms with E-state index in [1.54, 1.807) is 12.1 Å². The third-order valence-electron chi connectivity index (χ3n) is 1.97. The quantitative estimate of drug-likeness (QED) is 0.790. The molecule has 0 amide bonds. The fourth-order valence-corrected chi connectivity index (χ4v) is 1.18. The standard InChI is InChI=1S/C10H10FN3/c1-2-9-12-10(14-13-9)7-3-5-8(11)6-4-7/h3-6H,2H2,1H3,(H,12,13,14). The highest BCUT2D eigenvalue weighted by Gasteiger charge is 2.03. The lowest BCUT2D eigenvalue weighted by atomic mass is 10.2. The second-order valence-electron chi connectivity index (χ2n) is 2.97. The first-order valence-corrected chi connectivity index (χ1v) is 4.47. The highest BCUT2D eigenvalue weighted by Crippen LogP contribution is 2.14. The summed E-state index contributed by atoms with van der Waals surface area (Å²) < 4.78 is 12.6. The van der Waals surface area contributed by atoms with Crippen LogP contribution in [0.15, 0.2) is 24.3 Å². The van der Waals surface area contributed by atoms with Crippen LogP contribution >= 0.6 is 0 Å². The van der Waals surface area contributed by atoms with Crippen LogP contribution in [0.1, 0.15) is 12.7 Å². The molecule has 0 aliphatic carbocycles. The molecule has 3 nitrogen and oxygen atoms in total. The number of hydrogen-bond donors (Lipinski definition) is 1. The van der Waals surface area contributed by atoms with Gasteiger partial charge in [0.15, 0.2) is 5.82 Å². The third-order valence-corrected chi connectivity index (χ3v) is 1.97. The molecule has 0 atom stereocenters. The van der Waals surface area contributed by atoms with E-state index in [1.165, 1.54) is 12.1 Å². The van der Waals surface area contributed by atoms with Crippen LogP contribution in [0.25, 0.3) is 11.4 Å². The summed E-state index contributed by atoms with van der Waals surface area (Å²) in [6, 6.07) is 6.13. The lowest BCUT2D eigenvalue weighted by Crippen LogP contribution is -1.82. The van der Waals surface area contributed by atoms with Crippen molar-refractivity contribution < 1.29 is 4.39 Å². The maximum Gasteiger partial charge on any atom is 0.181 e. The van der Waals surface area contributed by atoms with E-state index in [2.05, 4.69) is 15.2 Å². The predicted octanol–water partition coefficient (Wildman–Crippen LogP) is 2.17. The van der Waals surface area contributed by atoms with E-state index >= 15 is 0 Å². The topological polar surface area (TPSA) is 41.6 Å². The molecule has 0 saturated carbocycles. The molecule has 4 heteroatoms. The second kappa shape index (κ2) is 3.57. The van der Waals surface area contributed by atoms with E-state index in [9.17, 15) is 4.39 Å². The maximum atomic E-state index is 12.6. The number of H-pyrrole nitrogens is 1. The Balaban J connectivity index is 2.34. The van der Waals surface area contributed by atoms with Crippen molar-refractivity contribution in [2.45, 2.75) is 13.3 Å². The van der Waals surface area contributed by atoms with Gasteiger partial charge in [-0.2, -0.15) is 5.10 Å². The van der Waals surface area contributed by atoms with Crippen molar-refractivity contribution in [1.29, 1.82) is 0 Å². The van der Waals surface area contributed by atoms with Crippen LogP contribution in [0.3, 0.4) is 0 Å². The molecule has 0 aliphatic rings. The first-order chi connectivity index (χ1) is 6.79. The van der Waals surface area contributed by atoms with Gasteiger partial charge in [-0.3, -0.25) is 5.10 Å². The summed E-state index contributed by atoms with van der Waals surface area (Å²) in [5.74, 6) is 1.20. The molecule has 2 rings (SSSR count). The van der Waals surface area contributed by atoms with Crippen molar-refractivity contribution in [3.63, 3.8) is 0 Å². The Kier molecular flexibility index (Phi) is 2.26. The number of nitrogens with one attached hydrogen (secondary N) is 1. The molecule has 1 aromatic heterocycles. The number of hydrogen-bond acceptors (Lipinski definition) is 2. The van der Waals surface area contributed by atoms with Gasteiger partial charge in [0, 0.05) is 12.0 Å². The summed E-state index contributed by atoms with van der Waals surface area (Å²) in [7, 11) is 0. The molecular weight excluding hydrogens is 181 g/mol. The number of aromatic amines is 1. The minimum absolute atomic E-state index is 0.250. The lowest BCUT2D eigenvalue weighted by Gasteiger charge is -1.93. The summed E-state index contributed by atoms with van der Waals surface area (Å²) in [6.07, 6.45) is 0.814. The molecule has 14 heavy (non-hydrogen) atoms. The van der Waals surface area contributed by atoms with Crippen molar-refractivity contribution in [3.8, 4) is 11.4 Å². The van der Waals surface area contributed by atoms with Gasteiger partial charge in [0.2, 0.25) is 0 Å². The largest absolute Gasteiger partial charge is 0.263 e. The Bertz CT molecular complexity index is 419. The van der Waals surface area contributed by atoms with E-state index in [4.69, 9.17) is 0 Å². The number of rotatable bonds is 2. The fraction of sp³-hybridized carbons (Fsp3) is 0.200. The highest BCUT2D eigenvalue weighted by atomic mass is 19.1. The molecule has 0 fully saturated rings. The Morgan fingerprint density at radius 1 is 1.29 bits per heavy atom. The minimum Gasteiger partial charge on any atom is -0.263 e. The molecule has 0 aliphatic heterocycles. The number of aryl methyl sites for hydroxylation is 1. The van der Waals surface area contributed by atoms with Crippen LogP contribution in [0.2, 0.25) is 0 Å².